The highest BCUT2D eigenvalue weighted by Crippen LogP contribution is 2.58. The van der Waals surface area contributed by atoms with E-state index in [4.69, 9.17) is 13.3 Å². The highest BCUT2D eigenvalue weighted by atomic mass is 28.4. The predicted octanol–water partition coefficient (Wildman–Crippen LogP) is 4.65. The summed E-state index contributed by atoms with van der Waals surface area (Å²) < 4.78 is 20.4. The molecule has 3 saturated heterocycles. The summed E-state index contributed by atoms with van der Waals surface area (Å²) >= 11 is 0. The van der Waals surface area contributed by atoms with Gasteiger partial charge in [0.1, 0.15) is 0 Å². The Kier molecular flexibility index (Phi) is 5.86. The molecule has 3 aliphatic rings. The Hall–Kier alpha value is 0.234. The number of rotatable bonds is 3. The maximum Gasteiger partial charge on any atom is 0.349 e. The van der Waals surface area contributed by atoms with Crippen LogP contribution < -0.4 is 0 Å². The first kappa shape index (κ1) is 23.9. The molecule has 3 rings (SSSR count). The van der Waals surface area contributed by atoms with E-state index in [1.807, 2.05) is 0 Å². The number of aliphatic hydroxyl groups excluding tert-OH is 1. The van der Waals surface area contributed by atoms with Crippen LogP contribution in [0.3, 0.4) is 0 Å². The summed E-state index contributed by atoms with van der Waals surface area (Å²) in [6.45, 7) is 26.4. The third kappa shape index (κ3) is 3.72. The molecule has 5 nitrogen and oxygen atoms in total. The van der Waals surface area contributed by atoms with Crippen molar-refractivity contribution in [2.45, 2.75) is 127 Å². The van der Waals surface area contributed by atoms with E-state index < -0.39 is 23.0 Å². The van der Waals surface area contributed by atoms with Gasteiger partial charge in [0, 0.05) is 16.6 Å². The van der Waals surface area contributed by atoms with Crippen molar-refractivity contribution in [2.75, 3.05) is 13.2 Å². The monoisotopic (exact) mass is 443 g/mol. The Morgan fingerprint density at radius 3 is 2.03 bits per heavy atom. The second-order valence-corrected chi connectivity index (χ2v) is 22.5. The van der Waals surface area contributed by atoms with Gasteiger partial charge in [0.2, 0.25) is 0 Å². The molecule has 0 unspecified atom stereocenters. The summed E-state index contributed by atoms with van der Waals surface area (Å²) in [6, 6.07) is 0.154. The molecular weight excluding hydrogens is 398 g/mol. The van der Waals surface area contributed by atoms with Crippen LogP contribution in [0.4, 0.5) is 0 Å². The van der Waals surface area contributed by atoms with Crippen LogP contribution in [0.2, 0.25) is 28.2 Å². The van der Waals surface area contributed by atoms with Gasteiger partial charge in [-0.25, -0.2) is 0 Å². The molecule has 0 aromatic carbocycles. The molecular formula is C22H45NO4Si2. The van der Waals surface area contributed by atoms with Gasteiger partial charge < -0.3 is 18.4 Å². The Labute approximate surface area is 180 Å². The molecule has 0 amide bonds. The molecule has 29 heavy (non-hydrogen) atoms. The standard InChI is InChI=1S/C22H45NO4Si2/c1-20(2,3)28(10,11)25-14-15-18(24)19-17-16(12-13-23(15)17)26-29(27-19,21(4,5)6)22(7,8)9/h15-19,24H,12-14H2,1-11H3/t15-,16+,17-,18-,19-/m1/s1. The molecule has 7 heteroatoms. The molecule has 0 bridgehead atoms. The van der Waals surface area contributed by atoms with E-state index in [9.17, 15) is 5.11 Å². The highest BCUT2D eigenvalue weighted by molar-refractivity contribution is 6.74. The minimum Gasteiger partial charge on any atom is -0.415 e. The zero-order valence-electron chi connectivity index (χ0n) is 20.6. The van der Waals surface area contributed by atoms with Crippen molar-refractivity contribution in [3.63, 3.8) is 0 Å². The molecule has 0 aromatic heterocycles. The van der Waals surface area contributed by atoms with E-state index in [0.717, 1.165) is 13.0 Å². The van der Waals surface area contributed by atoms with Crippen LogP contribution in [-0.2, 0) is 13.3 Å². The van der Waals surface area contributed by atoms with E-state index >= 15 is 0 Å². The normalized spacial score (nSPS) is 35.8. The summed E-state index contributed by atoms with van der Waals surface area (Å²) in [5, 5.41) is 11.4. The maximum absolute atomic E-state index is 11.4. The third-order valence-electron chi connectivity index (χ3n) is 7.94. The number of aliphatic hydroxyl groups is 1. The van der Waals surface area contributed by atoms with Crippen LogP contribution in [-0.4, -0.2) is 70.4 Å². The highest BCUT2D eigenvalue weighted by Gasteiger charge is 2.69. The molecule has 3 aliphatic heterocycles. The Balaban J connectivity index is 1.87. The molecule has 0 saturated carbocycles. The van der Waals surface area contributed by atoms with E-state index in [0.29, 0.717) is 6.61 Å². The molecule has 3 fully saturated rings. The fraction of sp³-hybridized carbons (Fsp3) is 1.00. The zero-order valence-corrected chi connectivity index (χ0v) is 22.6. The second-order valence-electron chi connectivity index (χ2n) is 13.0. The maximum atomic E-state index is 11.4. The molecule has 170 valence electrons. The topological polar surface area (TPSA) is 51.2 Å². The summed E-state index contributed by atoms with van der Waals surface area (Å²) in [5.74, 6) is 0. The first-order chi connectivity index (χ1) is 12.9. The average Bonchev–Trinajstić information content (AvgIpc) is 3.05. The van der Waals surface area contributed by atoms with E-state index in [-0.39, 0.29) is 39.4 Å². The lowest BCUT2D eigenvalue weighted by Gasteiger charge is -2.55. The molecule has 0 aromatic rings. The summed E-state index contributed by atoms with van der Waals surface area (Å²) in [5.41, 5.74) is 0. The molecule has 3 heterocycles. The first-order valence-electron chi connectivity index (χ1n) is 11.4. The lowest BCUT2D eigenvalue weighted by molar-refractivity contribution is -0.0663. The molecule has 5 atom stereocenters. The Bertz CT molecular complexity index is 606. The quantitative estimate of drug-likeness (QED) is 0.643. The van der Waals surface area contributed by atoms with Crippen molar-refractivity contribution in [1.29, 1.82) is 0 Å². The van der Waals surface area contributed by atoms with Crippen molar-refractivity contribution < 1.29 is 18.4 Å². The van der Waals surface area contributed by atoms with Crippen molar-refractivity contribution in [3.8, 4) is 0 Å². The smallest absolute Gasteiger partial charge is 0.349 e. The van der Waals surface area contributed by atoms with Gasteiger partial charge in [0.05, 0.1) is 37.0 Å². The van der Waals surface area contributed by atoms with Gasteiger partial charge in [-0.05, 0) is 24.6 Å². The van der Waals surface area contributed by atoms with Crippen molar-refractivity contribution in [3.05, 3.63) is 0 Å². The van der Waals surface area contributed by atoms with Gasteiger partial charge in [-0.1, -0.05) is 62.3 Å². The first-order valence-corrected chi connectivity index (χ1v) is 16.1. The molecule has 0 aliphatic carbocycles. The van der Waals surface area contributed by atoms with Gasteiger partial charge in [0.25, 0.3) is 0 Å². The van der Waals surface area contributed by atoms with Crippen molar-refractivity contribution in [2.24, 2.45) is 0 Å². The Morgan fingerprint density at radius 2 is 1.55 bits per heavy atom. The van der Waals surface area contributed by atoms with Gasteiger partial charge in [-0.2, -0.15) is 0 Å². The summed E-state index contributed by atoms with van der Waals surface area (Å²) in [4.78, 5) is 2.43. The summed E-state index contributed by atoms with van der Waals surface area (Å²) in [7, 11) is -4.48. The van der Waals surface area contributed by atoms with Crippen molar-refractivity contribution in [1.82, 2.24) is 4.90 Å². The van der Waals surface area contributed by atoms with Crippen LogP contribution in [0.1, 0.15) is 68.7 Å². The fourth-order valence-corrected chi connectivity index (χ4v) is 11.5. The van der Waals surface area contributed by atoms with E-state index in [2.05, 4.69) is 80.3 Å². The minimum absolute atomic E-state index is 0.00235. The SMILES string of the molecule is CC(C)(C)[Si](C)(C)OC[C@@H]1[C@@H](O)[C@@H]2O[Si](C(C)(C)C)(C(C)(C)C)O[C@H]3CCN1[C@@H]23. The molecule has 0 spiro atoms. The number of hydrogen-bond acceptors (Lipinski definition) is 5. The molecule has 0 radical (unpaired) electrons. The van der Waals surface area contributed by atoms with Crippen LogP contribution in [0, 0.1) is 0 Å². The number of hydrogen-bond donors (Lipinski definition) is 1. The van der Waals surface area contributed by atoms with E-state index in [1.165, 1.54) is 0 Å². The largest absolute Gasteiger partial charge is 0.415 e. The third-order valence-corrected chi connectivity index (χ3v) is 17.6. The van der Waals surface area contributed by atoms with Gasteiger partial charge in [-0.15, -0.1) is 0 Å². The lowest BCUT2D eigenvalue weighted by atomic mass is 10.0. The minimum atomic E-state index is -2.61. The predicted molar refractivity (Wildman–Crippen MR) is 123 cm³/mol. The van der Waals surface area contributed by atoms with Gasteiger partial charge >= 0.3 is 8.56 Å². The second kappa shape index (κ2) is 7.12. The van der Waals surface area contributed by atoms with Crippen LogP contribution in [0.25, 0.3) is 0 Å². The Morgan fingerprint density at radius 1 is 1.00 bits per heavy atom. The van der Waals surface area contributed by atoms with Crippen LogP contribution in [0.5, 0.6) is 0 Å². The number of nitrogens with zero attached hydrogens (tertiary/aromatic N) is 1. The van der Waals surface area contributed by atoms with Gasteiger partial charge in [-0.3, -0.25) is 4.90 Å². The summed E-state index contributed by atoms with van der Waals surface area (Å²) in [6.07, 6.45) is 0.489. The zero-order chi connectivity index (χ0) is 22.2. The van der Waals surface area contributed by atoms with Gasteiger partial charge in [0.15, 0.2) is 8.32 Å². The van der Waals surface area contributed by atoms with Crippen LogP contribution >= 0.6 is 0 Å². The van der Waals surface area contributed by atoms with Crippen LogP contribution in [0.15, 0.2) is 0 Å². The lowest BCUT2D eigenvalue weighted by Crippen LogP contribution is -2.67. The van der Waals surface area contributed by atoms with Crippen molar-refractivity contribution >= 4 is 16.9 Å². The molecule has 1 N–H and O–H groups in total. The van der Waals surface area contributed by atoms with E-state index in [1.54, 1.807) is 0 Å². The average molecular weight is 444 g/mol. The fourth-order valence-electron chi connectivity index (χ4n) is 5.45.